The van der Waals surface area contributed by atoms with Gasteiger partial charge in [0, 0.05) is 12.0 Å². The lowest BCUT2D eigenvalue weighted by atomic mass is 10.2. The molecule has 1 N–H and O–H groups in total. The number of nitrogens with one attached hydrogen (secondary N) is 1. The van der Waals surface area contributed by atoms with Gasteiger partial charge in [-0.1, -0.05) is 42.5 Å². The number of hydrogen-bond donors (Lipinski definition) is 1. The molecule has 1 rings (SSSR count). The highest BCUT2D eigenvalue weighted by Gasteiger charge is 1.99. The number of allylic oxidation sites excluding steroid dienone is 1. The van der Waals surface area contributed by atoms with Gasteiger partial charge in [-0.15, -0.1) is 0 Å². The van der Waals surface area contributed by atoms with Gasteiger partial charge in [0.1, 0.15) is 5.84 Å². The van der Waals surface area contributed by atoms with Crippen LogP contribution < -0.4 is 0 Å². The first-order valence-electron chi connectivity index (χ1n) is 5.07. The first-order valence-corrected chi connectivity index (χ1v) is 5.07. The molecule has 0 unspecified atom stereocenters. The highest BCUT2D eigenvalue weighted by molar-refractivity contribution is 6.05. The van der Waals surface area contributed by atoms with Crippen LogP contribution in [0.5, 0.6) is 0 Å². The minimum atomic E-state index is 0.215. The van der Waals surface area contributed by atoms with E-state index in [4.69, 9.17) is 5.41 Å². The van der Waals surface area contributed by atoms with Gasteiger partial charge in [-0.3, -0.25) is 5.41 Å². The van der Waals surface area contributed by atoms with Crippen LogP contribution in [0, 0.1) is 5.41 Å². The highest BCUT2D eigenvalue weighted by Crippen LogP contribution is 2.02. The fraction of sp³-hybridized carbons (Fsp3) is 0.154. The maximum absolute atomic E-state index is 7.80. The quantitative estimate of drug-likeness (QED) is 0.456. The number of amidine groups is 2. The molecular weight excluding hydrogens is 198 g/mol. The molecular formula is C13H15N3. The normalized spacial score (nSPS) is 11.7. The predicted octanol–water partition coefficient (Wildman–Crippen LogP) is 3.08. The van der Waals surface area contributed by atoms with Crippen molar-refractivity contribution in [3.63, 3.8) is 0 Å². The lowest BCUT2D eigenvalue weighted by Gasteiger charge is -1.99. The van der Waals surface area contributed by atoms with Crippen LogP contribution in [0.1, 0.15) is 18.9 Å². The van der Waals surface area contributed by atoms with E-state index in [9.17, 15) is 0 Å². The van der Waals surface area contributed by atoms with Gasteiger partial charge in [-0.05, 0) is 13.6 Å². The van der Waals surface area contributed by atoms with Gasteiger partial charge in [-0.25, -0.2) is 9.98 Å². The van der Waals surface area contributed by atoms with Crippen molar-refractivity contribution in [3.8, 4) is 0 Å². The van der Waals surface area contributed by atoms with Gasteiger partial charge in [0.15, 0.2) is 5.84 Å². The minimum absolute atomic E-state index is 0.215. The average Bonchev–Trinajstić information content (AvgIpc) is 2.35. The monoisotopic (exact) mass is 213 g/mol. The Kier molecular flexibility index (Phi) is 4.86. The fourth-order valence-corrected chi connectivity index (χ4v) is 1.16. The molecule has 1 aromatic rings. The Hall–Kier alpha value is -2.03. The zero-order chi connectivity index (χ0) is 11.8. The second-order valence-electron chi connectivity index (χ2n) is 3.17. The lowest BCUT2D eigenvalue weighted by Crippen LogP contribution is -2.00. The van der Waals surface area contributed by atoms with Gasteiger partial charge < -0.3 is 0 Å². The number of nitrogens with zero attached hydrogens (tertiary/aromatic N) is 2. The number of benzene rings is 1. The van der Waals surface area contributed by atoms with Crippen molar-refractivity contribution in [2.24, 2.45) is 9.98 Å². The summed E-state index contributed by atoms with van der Waals surface area (Å²) >= 11 is 0. The first kappa shape index (κ1) is 12.0. The Balaban J connectivity index is 2.81. The molecule has 0 spiro atoms. The van der Waals surface area contributed by atoms with Crippen molar-refractivity contribution in [1.82, 2.24) is 0 Å². The molecule has 0 radical (unpaired) electrons. The van der Waals surface area contributed by atoms with Gasteiger partial charge in [0.25, 0.3) is 0 Å². The summed E-state index contributed by atoms with van der Waals surface area (Å²) in [6.45, 7) is 5.38. The summed E-state index contributed by atoms with van der Waals surface area (Å²) in [5, 5.41) is 7.80. The van der Waals surface area contributed by atoms with Crippen molar-refractivity contribution < 1.29 is 0 Å². The van der Waals surface area contributed by atoms with Crippen LogP contribution in [0.15, 0.2) is 52.5 Å². The van der Waals surface area contributed by atoms with E-state index in [-0.39, 0.29) is 5.84 Å². The average molecular weight is 213 g/mol. The summed E-state index contributed by atoms with van der Waals surface area (Å²) in [5.41, 5.74) is 0.782. The van der Waals surface area contributed by atoms with Crippen LogP contribution >= 0.6 is 0 Å². The molecule has 3 heteroatoms. The van der Waals surface area contributed by atoms with Crippen molar-refractivity contribution in [3.05, 3.63) is 48.0 Å². The summed E-state index contributed by atoms with van der Waals surface area (Å²) in [5.74, 6) is 0.777. The van der Waals surface area contributed by atoms with Crippen molar-refractivity contribution in [2.45, 2.75) is 13.3 Å². The third kappa shape index (κ3) is 3.61. The predicted molar refractivity (Wildman–Crippen MR) is 69.7 cm³/mol. The van der Waals surface area contributed by atoms with Gasteiger partial charge in [0.05, 0.1) is 0 Å². The van der Waals surface area contributed by atoms with E-state index >= 15 is 0 Å². The molecule has 0 saturated heterocycles. The maximum Gasteiger partial charge on any atom is 0.153 e. The molecule has 0 fully saturated rings. The van der Waals surface area contributed by atoms with Crippen LogP contribution in [0.4, 0.5) is 0 Å². The van der Waals surface area contributed by atoms with Crippen molar-refractivity contribution in [1.29, 1.82) is 5.41 Å². The molecule has 0 atom stereocenters. The number of rotatable bonds is 3. The van der Waals surface area contributed by atoms with E-state index in [1.165, 1.54) is 0 Å². The van der Waals surface area contributed by atoms with Gasteiger partial charge in [-0.2, -0.15) is 0 Å². The molecule has 0 aliphatic carbocycles. The Bertz CT molecular complexity index is 416. The maximum atomic E-state index is 7.80. The fourth-order valence-electron chi connectivity index (χ4n) is 1.16. The Morgan fingerprint density at radius 1 is 1.38 bits per heavy atom. The molecule has 82 valence electrons. The standard InChI is InChI=1S/C13H15N3/c1-3-4-10-12(15-2)16-13(14)11-8-6-5-7-9-11/h3-9,14H,2,10H2,1H3/b4-3-,14-13?,16-12-. The van der Waals surface area contributed by atoms with E-state index in [0.717, 1.165) is 5.56 Å². The first-order chi connectivity index (χ1) is 7.77. The smallest absolute Gasteiger partial charge is 0.153 e. The van der Waals surface area contributed by atoms with Crippen LogP contribution in [0.3, 0.4) is 0 Å². The van der Waals surface area contributed by atoms with Crippen LogP contribution in [0.2, 0.25) is 0 Å². The summed E-state index contributed by atoms with van der Waals surface area (Å²) in [6, 6.07) is 9.37. The summed E-state index contributed by atoms with van der Waals surface area (Å²) in [7, 11) is 0. The van der Waals surface area contributed by atoms with Gasteiger partial charge >= 0.3 is 0 Å². The van der Waals surface area contributed by atoms with E-state index in [1.807, 2.05) is 49.4 Å². The Morgan fingerprint density at radius 3 is 2.62 bits per heavy atom. The molecule has 1 aromatic carbocycles. The molecule has 0 aliphatic heterocycles. The number of aliphatic imine (C=N–C) groups is 2. The lowest BCUT2D eigenvalue weighted by molar-refractivity contribution is 1.34. The van der Waals surface area contributed by atoms with E-state index in [1.54, 1.807) is 0 Å². The van der Waals surface area contributed by atoms with Crippen LogP contribution in [0.25, 0.3) is 0 Å². The van der Waals surface area contributed by atoms with Crippen molar-refractivity contribution >= 4 is 18.4 Å². The third-order valence-corrected chi connectivity index (χ3v) is 2.01. The molecule has 3 nitrogen and oxygen atoms in total. The third-order valence-electron chi connectivity index (χ3n) is 2.01. The topological polar surface area (TPSA) is 48.6 Å². The Labute approximate surface area is 95.8 Å². The summed E-state index contributed by atoms with van der Waals surface area (Å²) < 4.78 is 0. The largest absolute Gasteiger partial charge is 0.282 e. The van der Waals surface area contributed by atoms with Crippen LogP contribution in [-0.4, -0.2) is 18.4 Å². The zero-order valence-corrected chi connectivity index (χ0v) is 9.35. The minimum Gasteiger partial charge on any atom is -0.282 e. The number of hydrogen-bond acceptors (Lipinski definition) is 1. The van der Waals surface area contributed by atoms with Gasteiger partial charge in [0.2, 0.25) is 0 Å². The van der Waals surface area contributed by atoms with E-state index < -0.39 is 0 Å². The zero-order valence-electron chi connectivity index (χ0n) is 9.35. The highest BCUT2D eigenvalue weighted by atomic mass is 14.9. The molecule has 0 aromatic heterocycles. The SMILES string of the molecule is C=N/C(C/C=C\C)=N\C(=N)c1ccccc1. The molecule has 0 aliphatic rings. The van der Waals surface area contributed by atoms with E-state index in [0.29, 0.717) is 12.3 Å². The summed E-state index contributed by atoms with van der Waals surface area (Å²) in [4.78, 5) is 7.92. The molecule has 0 amide bonds. The van der Waals surface area contributed by atoms with Crippen molar-refractivity contribution in [2.75, 3.05) is 0 Å². The molecule has 0 saturated carbocycles. The van der Waals surface area contributed by atoms with E-state index in [2.05, 4.69) is 16.7 Å². The molecule has 0 heterocycles. The second kappa shape index (κ2) is 6.45. The summed E-state index contributed by atoms with van der Waals surface area (Å²) in [6.07, 6.45) is 4.47. The Morgan fingerprint density at radius 2 is 2.06 bits per heavy atom. The molecule has 0 bridgehead atoms. The van der Waals surface area contributed by atoms with Crippen LogP contribution in [-0.2, 0) is 0 Å². The molecule has 16 heavy (non-hydrogen) atoms. The second-order valence-corrected chi connectivity index (χ2v) is 3.17.